The summed E-state index contributed by atoms with van der Waals surface area (Å²) in [6, 6.07) is 20.6. The van der Waals surface area contributed by atoms with E-state index < -0.39 is 0 Å². The number of nitrogens with one attached hydrogen (secondary N) is 1. The Balaban J connectivity index is 1.71. The summed E-state index contributed by atoms with van der Waals surface area (Å²) in [5.74, 6) is 0.190. The van der Waals surface area contributed by atoms with Crippen LogP contribution in [0.4, 0.5) is 0 Å². The fourth-order valence-corrected chi connectivity index (χ4v) is 4.31. The first-order chi connectivity index (χ1) is 14.1. The number of likely N-dealkylation sites (tertiary alicyclic amines) is 1. The highest BCUT2D eigenvalue weighted by Gasteiger charge is 2.30. The zero-order chi connectivity index (χ0) is 20.6. The molecule has 4 heteroatoms. The van der Waals surface area contributed by atoms with E-state index >= 15 is 0 Å². The molecular formula is C25H32N2O2. The van der Waals surface area contributed by atoms with Crippen molar-refractivity contribution in [3.8, 4) is 0 Å². The third-order valence-corrected chi connectivity index (χ3v) is 5.80. The van der Waals surface area contributed by atoms with E-state index in [1.54, 1.807) is 0 Å². The van der Waals surface area contributed by atoms with Crippen LogP contribution < -0.4 is 5.32 Å². The molecule has 0 aliphatic carbocycles. The zero-order valence-corrected chi connectivity index (χ0v) is 17.5. The standard InChI is InChI=1S/C25H32N2O2/c1-3-11-23(28)27-17-10-16-22(18-27)25(29)26-19(2)24(20-12-6-4-7-13-20)21-14-8-5-9-15-21/h4-9,12-15,19,22,24H,3,10-11,16-18H2,1-2H3,(H,26,29). The van der Waals surface area contributed by atoms with Gasteiger partial charge in [0.1, 0.15) is 0 Å². The summed E-state index contributed by atoms with van der Waals surface area (Å²) in [6.07, 6.45) is 3.15. The number of hydrogen-bond acceptors (Lipinski definition) is 2. The van der Waals surface area contributed by atoms with Crippen molar-refractivity contribution in [2.45, 2.75) is 51.5 Å². The second-order valence-electron chi connectivity index (χ2n) is 8.03. The molecule has 1 aliphatic rings. The summed E-state index contributed by atoms with van der Waals surface area (Å²) in [4.78, 5) is 27.2. The summed E-state index contributed by atoms with van der Waals surface area (Å²) < 4.78 is 0. The Bertz CT molecular complexity index is 751. The van der Waals surface area contributed by atoms with E-state index in [4.69, 9.17) is 0 Å². The van der Waals surface area contributed by atoms with Gasteiger partial charge in [-0.2, -0.15) is 0 Å². The Hall–Kier alpha value is -2.62. The number of hydrogen-bond donors (Lipinski definition) is 1. The molecule has 0 radical (unpaired) electrons. The molecule has 1 N–H and O–H groups in total. The fraction of sp³-hybridized carbons (Fsp3) is 0.440. The highest BCUT2D eigenvalue weighted by atomic mass is 16.2. The minimum absolute atomic E-state index is 0.0472. The maximum atomic E-state index is 13.1. The maximum Gasteiger partial charge on any atom is 0.225 e. The predicted octanol–water partition coefficient (Wildman–Crippen LogP) is 4.36. The van der Waals surface area contributed by atoms with Gasteiger partial charge in [0.25, 0.3) is 0 Å². The topological polar surface area (TPSA) is 49.4 Å². The van der Waals surface area contributed by atoms with Gasteiger partial charge in [-0.1, -0.05) is 67.6 Å². The Kier molecular flexibility index (Phi) is 7.45. The molecular weight excluding hydrogens is 360 g/mol. The Labute approximate surface area is 174 Å². The van der Waals surface area contributed by atoms with Gasteiger partial charge in [-0.05, 0) is 37.3 Å². The number of rotatable bonds is 7. The quantitative estimate of drug-likeness (QED) is 0.761. The second-order valence-corrected chi connectivity index (χ2v) is 8.03. The number of carbonyl (C=O) groups is 2. The average Bonchev–Trinajstić information content (AvgIpc) is 2.75. The Morgan fingerprint density at radius 2 is 1.62 bits per heavy atom. The molecule has 2 aromatic carbocycles. The molecule has 29 heavy (non-hydrogen) atoms. The molecule has 1 heterocycles. The van der Waals surface area contributed by atoms with Gasteiger partial charge in [-0.15, -0.1) is 0 Å². The molecule has 1 saturated heterocycles. The molecule has 0 spiro atoms. The van der Waals surface area contributed by atoms with Crippen LogP contribution in [0.5, 0.6) is 0 Å². The fourth-order valence-electron chi connectivity index (χ4n) is 4.31. The largest absolute Gasteiger partial charge is 0.352 e. The number of piperidine rings is 1. The molecule has 2 amide bonds. The lowest BCUT2D eigenvalue weighted by Gasteiger charge is -2.34. The first kappa shape index (κ1) is 21.1. The predicted molar refractivity (Wildman–Crippen MR) is 117 cm³/mol. The molecule has 154 valence electrons. The van der Waals surface area contributed by atoms with Crippen molar-refractivity contribution in [3.63, 3.8) is 0 Å². The minimum Gasteiger partial charge on any atom is -0.352 e. The summed E-state index contributed by atoms with van der Waals surface area (Å²) in [5, 5.41) is 3.26. The molecule has 2 atom stereocenters. The van der Waals surface area contributed by atoms with Crippen LogP contribution in [0.25, 0.3) is 0 Å². The van der Waals surface area contributed by atoms with Gasteiger partial charge in [0, 0.05) is 31.5 Å². The summed E-state index contributed by atoms with van der Waals surface area (Å²) in [6.45, 7) is 5.40. The summed E-state index contributed by atoms with van der Waals surface area (Å²) in [7, 11) is 0. The number of nitrogens with zero attached hydrogens (tertiary/aromatic N) is 1. The van der Waals surface area contributed by atoms with E-state index in [-0.39, 0.29) is 29.7 Å². The third-order valence-electron chi connectivity index (χ3n) is 5.80. The normalized spacial score (nSPS) is 17.8. The monoisotopic (exact) mass is 392 g/mol. The Morgan fingerprint density at radius 3 is 2.17 bits per heavy atom. The summed E-state index contributed by atoms with van der Waals surface area (Å²) >= 11 is 0. The van der Waals surface area contributed by atoms with Crippen molar-refractivity contribution >= 4 is 11.8 Å². The molecule has 4 nitrogen and oxygen atoms in total. The smallest absolute Gasteiger partial charge is 0.225 e. The van der Waals surface area contributed by atoms with Crippen molar-refractivity contribution in [1.29, 1.82) is 0 Å². The maximum absolute atomic E-state index is 13.1. The van der Waals surface area contributed by atoms with Gasteiger partial charge in [0.15, 0.2) is 0 Å². The number of benzene rings is 2. The SMILES string of the molecule is CCCC(=O)N1CCCC(C(=O)NC(C)C(c2ccccc2)c2ccccc2)C1. The first-order valence-corrected chi connectivity index (χ1v) is 10.8. The highest BCUT2D eigenvalue weighted by Crippen LogP contribution is 2.28. The lowest BCUT2D eigenvalue weighted by molar-refractivity contribution is -0.135. The van der Waals surface area contributed by atoms with E-state index in [1.165, 1.54) is 11.1 Å². The van der Waals surface area contributed by atoms with Crippen LogP contribution >= 0.6 is 0 Å². The van der Waals surface area contributed by atoms with Crippen molar-refractivity contribution in [2.75, 3.05) is 13.1 Å². The zero-order valence-electron chi connectivity index (χ0n) is 17.5. The van der Waals surface area contributed by atoms with Crippen molar-refractivity contribution in [2.24, 2.45) is 5.92 Å². The van der Waals surface area contributed by atoms with Gasteiger partial charge < -0.3 is 10.2 Å². The van der Waals surface area contributed by atoms with E-state index in [2.05, 4.69) is 36.5 Å². The van der Waals surface area contributed by atoms with E-state index in [0.717, 1.165) is 25.8 Å². The highest BCUT2D eigenvalue weighted by molar-refractivity contribution is 5.81. The first-order valence-electron chi connectivity index (χ1n) is 10.8. The van der Waals surface area contributed by atoms with Gasteiger partial charge in [0.2, 0.25) is 11.8 Å². The molecule has 3 rings (SSSR count). The Morgan fingerprint density at radius 1 is 1.03 bits per heavy atom. The molecule has 2 aromatic rings. The van der Waals surface area contributed by atoms with Crippen LogP contribution in [0.2, 0.25) is 0 Å². The van der Waals surface area contributed by atoms with E-state index in [1.807, 2.05) is 48.2 Å². The van der Waals surface area contributed by atoms with Crippen molar-refractivity contribution < 1.29 is 9.59 Å². The van der Waals surface area contributed by atoms with Gasteiger partial charge in [-0.25, -0.2) is 0 Å². The van der Waals surface area contributed by atoms with E-state index in [0.29, 0.717) is 13.0 Å². The van der Waals surface area contributed by atoms with Gasteiger partial charge in [-0.3, -0.25) is 9.59 Å². The lowest BCUT2D eigenvalue weighted by Crippen LogP contribution is -2.48. The van der Waals surface area contributed by atoms with E-state index in [9.17, 15) is 9.59 Å². The molecule has 0 saturated carbocycles. The molecule has 1 aliphatic heterocycles. The van der Waals surface area contributed by atoms with Crippen LogP contribution in [0.3, 0.4) is 0 Å². The summed E-state index contributed by atoms with van der Waals surface area (Å²) in [5.41, 5.74) is 2.38. The van der Waals surface area contributed by atoms with Crippen LogP contribution in [0.15, 0.2) is 60.7 Å². The minimum atomic E-state index is -0.126. The molecule has 1 fully saturated rings. The van der Waals surface area contributed by atoms with Crippen LogP contribution in [-0.4, -0.2) is 35.8 Å². The second kappa shape index (κ2) is 10.2. The van der Waals surface area contributed by atoms with Crippen molar-refractivity contribution in [3.05, 3.63) is 71.8 Å². The number of carbonyl (C=O) groups excluding carboxylic acids is 2. The molecule has 2 unspecified atom stereocenters. The molecule has 0 bridgehead atoms. The lowest BCUT2D eigenvalue weighted by atomic mass is 9.85. The van der Waals surface area contributed by atoms with Gasteiger partial charge >= 0.3 is 0 Å². The number of amides is 2. The van der Waals surface area contributed by atoms with Crippen molar-refractivity contribution in [1.82, 2.24) is 10.2 Å². The van der Waals surface area contributed by atoms with Gasteiger partial charge in [0.05, 0.1) is 5.92 Å². The van der Waals surface area contributed by atoms with Crippen LogP contribution in [0.1, 0.15) is 56.6 Å². The van der Waals surface area contributed by atoms with Crippen LogP contribution in [-0.2, 0) is 9.59 Å². The van der Waals surface area contributed by atoms with Crippen LogP contribution in [0, 0.1) is 5.92 Å². The third kappa shape index (κ3) is 5.47. The average molecular weight is 393 g/mol. The molecule has 0 aromatic heterocycles.